The lowest BCUT2D eigenvalue weighted by atomic mass is 10.2. The van der Waals surface area contributed by atoms with Crippen molar-refractivity contribution in [2.45, 2.75) is 27.7 Å². The average Bonchev–Trinajstić information content (AvgIpc) is 2.81. The summed E-state index contributed by atoms with van der Waals surface area (Å²) >= 11 is 1.72. The molecule has 5 heteroatoms. The van der Waals surface area contributed by atoms with Gasteiger partial charge in [-0.05, 0) is 51.5 Å². The SMILES string of the molecule is C=C/C(=C\C=C(/C)N(C)c1nc(C)nc2sc(C)c(C)c12)OC. The van der Waals surface area contributed by atoms with Crippen molar-refractivity contribution in [1.29, 1.82) is 0 Å². The second-order valence-electron chi connectivity index (χ2n) is 5.40. The number of aromatic nitrogens is 2. The second-order valence-corrected chi connectivity index (χ2v) is 6.61. The minimum atomic E-state index is 0.726. The molecule has 0 aliphatic rings. The number of anilines is 1. The van der Waals surface area contributed by atoms with Gasteiger partial charge in [-0.25, -0.2) is 9.97 Å². The standard InChI is InChI=1S/C18H23N3OS/c1-8-15(22-7)10-9-11(2)21(6)17-16-12(3)13(4)23-18(16)20-14(5)19-17/h8-10H,1H2,2-7H3/b11-9+,15-10+. The Morgan fingerprint density at radius 2 is 1.91 bits per heavy atom. The number of ether oxygens (including phenoxy) is 1. The van der Waals surface area contributed by atoms with Crippen LogP contribution in [0.1, 0.15) is 23.2 Å². The van der Waals surface area contributed by atoms with Crippen molar-refractivity contribution in [3.05, 3.63) is 52.5 Å². The quantitative estimate of drug-likeness (QED) is 0.590. The van der Waals surface area contributed by atoms with Crippen molar-refractivity contribution in [1.82, 2.24) is 9.97 Å². The van der Waals surface area contributed by atoms with E-state index >= 15 is 0 Å². The first-order valence-corrected chi connectivity index (χ1v) is 8.23. The Labute approximate surface area is 141 Å². The molecular formula is C18H23N3OS. The first kappa shape index (κ1) is 17.2. The monoisotopic (exact) mass is 329 g/mol. The van der Waals surface area contributed by atoms with Crippen molar-refractivity contribution in [2.24, 2.45) is 0 Å². The Hall–Kier alpha value is -2.14. The zero-order chi connectivity index (χ0) is 17.1. The van der Waals surface area contributed by atoms with Crippen molar-refractivity contribution in [3.63, 3.8) is 0 Å². The van der Waals surface area contributed by atoms with E-state index in [0.29, 0.717) is 0 Å². The van der Waals surface area contributed by atoms with Gasteiger partial charge in [0.1, 0.15) is 22.2 Å². The number of methoxy groups -OCH3 is 1. The van der Waals surface area contributed by atoms with Gasteiger partial charge in [0.15, 0.2) is 0 Å². The van der Waals surface area contributed by atoms with E-state index in [-0.39, 0.29) is 0 Å². The summed E-state index contributed by atoms with van der Waals surface area (Å²) in [6.45, 7) is 12.0. The van der Waals surface area contributed by atoms with E-state index in [1.807, 2.05) is 33.0 Å². The summed E-state index contributed by atoms with van der Waals surface area (Å²) < 4.78 is 5.20. The fraction of sp³-hybridized carbons (Fsp3) is 0.333. The molecule has 2 heterocycles. The van der Waals surface area contributed by atoms with Crippen LogP contribution in [0.5, 0.6) is 0 Å². The molecule has 0 saturated heterocycles. The maximum Gasteiger partial charge on any atom is 0.145 e. The van der Waals surface area contributed by atoms with Crippen LogP contribution < -0.4 is 4.90 Å². The van der Waals surface area contributed by atoms with E-state index in [1.165, 1.54) is 10.4 Å². The van der Waals surface area contributed by atoms with Gasteiger partial charge in [0.25, 0.3) is 0 Å². The highest BCUT2D eigenvalue weighted by Gasteiger charge is 2.16. The zero-order valence-electron chi connectivity index (χ0n) is 14.6. The van der Waals surface area contributed by atoms with Crippen LogP contribution >= 0.6 is 11.3 Å². The molecule has 0 aromatic carbocycles. The van der Waals surface area contributed by atoms with Gasteiger partial charge in [-0.1, -0.05) is 6.58 Å². The molecule has 0 amide bonds. The highest BCUT2D eigenvalue weighted by Crippen LogP contribution is 2.35. The van der Waals surface area contributed by atoms with E-state index in [0.717, 1.165) is 33.3 Å². The van der Waals surface area contributed by atoms with E-state index < -0.39 is 0 Å². The Kier molecular flexibility index (Phi) is 5.21. The highest BCUT2D eigenvalue weighted by molar-refractivity contribution is 7.18. The summed E-state index contributed by atoms with van der Waals surface area (Å²) in [7, 11) is 3.66. The molecule has 2 aromatic rings. The minimum Gasteiger partial charge on any atom is -0.497 e. The number of thiophene rings is 1. The summed E-state index contributed by atoms with van der Waals surface area (Å²) in [4.78, 5) is 13.7. The van der Waals surface area contributed by atoms with Crippen LogP contribution in [0.25, 0.3) is 10.2 Å². The molecule has 0 saturated carbocycles. The highest BCUT2D eigenvalue weighted by atomic mass is 32.1. The average molecular weight is 329 g/mol. The second kappa shape index (κ2) is 6.96. The van der Waals surface area contributed by atoms with Gasteiger partial charge >= 0.3 is 0 Å². The molecule has 0 aliphatic heterocycles. The summed E-state index contributed by atoms with van der Waals surface area (Å²) in [6, 6.07) is 0. The third-order valence-electron chi connectivity index (χ3n) is 3.89. The lowest BCUT2D eigenvalue weighted by Gasteiger charge is -2.20. The Bertz CT molecular complexity index is 802. The van der Waals surface area contributed by atoms with Crippen LogP contribution in [-0.2, 0) is 4.74 Å². The van der Waals surface area contributed by atoms with Crippen LogP contribution in [0, 0.1) is 20.8 Å². The predicted molar refractivity (Wildman–Crippen MR) is 99.1 cm³/mol. The largest absolute Gasteiger partial charge is 0.497 e. The molecule has 0 atom stereocenters. The van der Waals surface area contributed by atoms with Gasteiger partial charge < -0.3 is 9.64 Å². The molecule has 23 heavy (non-hydrogen) atoms. The predicted octanol–water partition coefficient (Wildman–Crippen LogP) is 4.67. The molecule has 0 spiro atoms. The first-order valence-electron chi connectivity index (χ1n) is 7.42. The summed E-state index contributed by atoms with van der Waals surface area (Å²) in [5, 5.41) is 1.13. The number of fused-ring (bicyclic) bond motifs is 1. The van der Waals surface area contributed by atoms with E-state index in [9.17, 15) is 0 Å². The van der Waals surface area contributed by atoms with Crippen LogP contribution in [0.15, 0.2) is 36.3 Å². The van der Waals surface area contributed by atoms with E-state index in [4.69, 9.17) is 4.74 Å². The molecular weight excluding hydrogens is 306 g/mol. The molecule has 0 bridgehead atoms. The van der Waals surface area contributed by atoms with Gasteiger partial charge in [0.2, 0.25) is 0 Å². The van der Waals surface area contributed by atoms with Gasteiger partial charge in [0, 0.05) is 17.6 Å². The van der Waals surface area contributed by atoms with Crippen LogP contribution in [0.3, 0.4) is 0 Å². The Morgan fingerprint density at radius 1 is 1.22 bits per heavy atom. The van der Waals surface area contributed by atoms with Crippen molar-refractivity contribution < 1.29 is 4.74 Å². The third-order valence-corrected chi connectivity index (χ3v) is 4.99. The molecule has 2 aromatic heterocycles. The lowest BCUT2D eigenvalue weighted by molar-refractivity contribution is 0.307. The topological polar surface area (TPSA) is 38.2 Å². The maximum absolute atomic E-state index is 5.20. The van der Waals surface area contributed by atoms with Crippen LogP contribution in [0.2, 0.25) is 0 Å². The van der Waals surface area contributed by atoms with Crippen molar-refractivity contribution >= 4 is 27.4 Å². The Morgan fingerprint density at radius 3 is 2.52 bits per heavy atom. The summed E-state index contributed by atoms with van der Waals surface area (Å²) in [6.07, 6.45) is 5.58. The Balaban J connectivity index is 2.52. The fourth-order valence-electron chi connectivity index (χ4n) is 2.28. The van der Waals surface area contributed by atoms with Gasteiger partial charge in [0.05, 0.1) is 12.5 Å². The van der Waals surface area contributed by atoms with Gasteiger partial charge in [-0.3, -0.25) is 0 Å². The number of allylic oxidation sites excluding steroid dienone is 4. The number of hydrogen-bond acceptors (Lipinski definition) is 5. The van der Waals surface area contributed by atoms with Crippen LogP contribution in [0.4, 0.5) is 5.82 Å². The molecule has 122 valence electrons. The molecule has 4 nitrogen and oxygen atoms in total. The van der Waals surface area contributed by atoms with Gasteiger partial charge in [-0.2, -0.15) is 0 Å². The number of aryl methyl sites for hydroxylation is 3. The normalized spacial score (nSPS) is 12.6. The smallest absolute Gasteiger partial charge is 0.145 e. The molecule has 0 N–H and O–H groups in total. The number of nitrogens with zero attached hydrogens (tertiary/aromatic N) is 3. The number of rotatable bonds is 5. The molecule has 2 rings (SSSR count). The summed E-state index contributed by atoms with van der Waals surface area (Å²) in [5.41, 5.74) is 2.31. The number of hydrogen-bond donors (Lipinski definition) is 0. The van der Waals surface area contributed by atoms with E-state index in [2.05, 4.69) is 35.3 Å². The maximum atomic E-state index is 5.20. The lowest BCUT2D eigenvalue weighted by Crippen LogP contribution is -2.17. The molecule has 0 fully saturated rings. The fourth-order valence-corrected chi connectivity index (χ4v) is 3.35. The van der Waals surface area contributed by atoms with E-state index in [1.54, 1.807) is 24.5 Å². The molecule has 0 unspecified atom stereocenters. The first-order chi connectivity index (χ1) is 10.9. The van der Waals surface area contributed by atoms with Gasteiger partial charge in [-0.15, -0.1) is 11.3 Å². The third kappa shape index (κ3) is 3.45. The summed E-state index contributed by atoms with van der Waals surface area (Å²) in [5.74, 6) is 2.45. The van der Waals surface area contributed by atoms with Crippen molar-refractivity contribution in [3.8, 4) is 0 Å². The molecule has 0 radical (unpaired) electrons. The molecule has 0 aliphatic carbocycles. The zero-order valence-corrected chi connectivity index (χ0v) is 15.4. The van der Waals surface area contributed by atoms with Crippen molar-refractivity contribution in [2.75, 3.05) is 19.1 Å². The minimum absolute atomic E-state index is 0.726. The van der Waals surface area contributed by atoms with Crippen LogP contribution in [-0.4, -0.2) is 24.1 Å².